The lowest BCUT2D eigenvalue weighted by atomic mass is 10.1. The fourth-order valence-corrected chi connectivity index (χ4v) is 1.82. The van der Waals surface area contributed by atoms with E-state index in [9.17, 15) is 0 Å². The summed E-state index contributed by atoms with van der Waals surface area (Å²) in [5, 5.41) is 0. The molecule has 0 amide bonds. The molecule has 2 rings (SSSR count). The van der Waals surface area contributed by atoms with Crippen LogP contribution in [-0.4, -0.2) is 16.7 Å². The Bertz CT molecular complexity index is 295. The second-order valence-electron chi connectivity index (χ2n) is 3.35. The Hall–Kier alpha value is -0.870. The molecule has 0 aliphatic carbocycles. The highest BCUT2D eigenvalue weighted by atomic mass is 16.5. The van der Waals surface area contributed by atoms with Crippen LogP contribution in [0.4, 0.5) is 0 Å². The summed E-state index contributed by atoms with van der Waals surface area (Å²) >= 11 is 0. The molecule has 4 heteroatoms. The van der Waals surface area contributed by atoms with Gasteiger partial charge in [0.25, 0.3) is 0 Å². The van der Waals surface area contributed by atoms with E-state index >= 15 is 0 Å². The molecule has 1 aliphatic rings. The molecule has 2 heterocycles. The van der Waals surface area contributed by atoms with Crippen molar-refractivity contribution in [3.05, 3.63) is 17.7 Å². The number of nitrogens with two attached hydrogens (primary N) is 1. The van der Waals surface area contributed by atoms with E-state index in [-0.39, 0.29) is 6.10 Å². The molecule has 0 spiro atoms. The van der Waals surface area contributed by atoms with E-state index in [1.54, 1.807) is 7.11 Å². The van der Waals surface area contributed by atoms with Gasteiger partial charge in [-0.3, -0.25) is 0 Å². The number of nitrogens with zero attached hydrogens (tertiary/aromatic N) is 2. The van der Waals surface area contributed by atoms with E-state index in [2.05, 4.69) is 9.55 Å². The van der Waals surface area contributed by atoms with Gasteiger partial charge in [0.15, 0.2) is 0 Å². The number of hydrogen-bond acceptors (Lipinski definition) is 3. The first-order valence-corrected chi connectivity index (χ1v) is 4.64. The third-order valence-corrected chi connectivity index (χ3v) is 2.50. The van der Waals surface area contributed by atoms with Gasteiger partial charge in [-0.25, -0.2) is 4.98 Å². The fraction of sp³-hybridized carbons (Fsp3) is 0.667. The highest BCUT2D eigenvalue weighted by molar-refractivity contribution is 5.08. The SMILES string of the molecule is COC1CCCn2cc(CN)nc21. The summed E-state index contributed by atoms with van der Waals surface area (Å²) < 4.78 is 7.50. The molecule has 1 aliphatic heterocycles. The molecule has 4 nitrogen and oxygen atoms in total. The van der Waals surface area contributed by atoms with Crippen molar-refractivity contribution in [3.8, 4) is 0 Å². The first-order valence-electron chi connectivity index (χ1n) is 4.64. The summed E-state index contributed by atoms with van der Waals surface area (Å²) in [4.78, 5) is 4.43. The van der Waals surface area contributed by atoms with Gasteiger partial charge in [-0.15, -0.1) is 0 Å². The van der Waals surface area contributed by atoms with Crippen molar-refractivity contribution in [2.75, 3.05) is 7.11 Å². The normalized spacial score (nSPS) is 21.5. The molecule has 0 fully saturated rings. The monoisotopic (exact) mass is 181 g/mol. The number of fused-ring (bicyclic) bond motifs is 1. The second-order valence-corrected chi connectivity index (χ2v) is 3.35. The van der Waals surface area contributed by atoms with Crippen LogP contribution in [0.1, 0.15) is 30.5 Å². The molecule has 1 unspecified atom stereocenters. The van der Waals surface area contributed by atoms with Crippen LogP contribution in [0, 0.1) is 0 Å². The highest BCUT2D eigenvalue weighted by Gasteiger charge is 2.21. The lowest BCUT2D eigenvalue weighted by Crippen LogP contribution is -2.16. The molecule has 0 bridgehead atoms. The number of rotatable bonds is 2. The van der Waals surface area contributed by atoms with E-state index < -0.39 is 0 Å². The lowest BCUT2D eigenvalue weighted by Gasteiger charge is -2.21. The van der Waals surface area contributed by atoms with Crippen LogP contribution in [0.15, 0.2) is 6.20 Å². The van der Waals surface area contributed by atoms with Gasteiger partial charge in [0.1, 0.15) is 11.9 Å². The summed E-state index contributed by atoms with van der Waals surface area (Å²) in [6.07, 6.45) is 4.42. The van der Waals surface area contributed by atoms with E-state index in [4.69, 9.17) is 10.5 Å². The minimum atomic E-state index is 0.161. The van der Waals surface area contributed by atoms with Gasteiger partial charge in [-0.05, 0) is 12.8 Å². The smallest absolute Gasteiger partial charge is 0.138 e. The average molecular weight is 181 g/mol. The van der Waals surface area contributed by atoms with Gasteiger partial charge in [-0.1, -0.05) is 0 Å². The van der Waals surface area contributed by atoms with Gasteiger partial charge in [0.05, 0.1) is 5.69 Å². The summed E-state index contributed by atoms with van der Waals surface area (Å²) in [7, 11) is 1.73. The summed E-state index contributed by atoms with van der Waals surface area (Å²) in [5.74, 6) is 1.04. The van der Waals surface area contributed by atoms with Crippen LogP contribution < -0.4 is 5.73 Å². The van der Waals surface area contributed by atoms with E-state index in [0.717, 1.165) is 30.9 Å². The third-order valence-electron chi connectivity index (χ3n) is 2.50. The zero-order chi connectivity index (χ0) is 9.26. The van der Waals surface area contributed by atoms with Crippen molar-refractivity contribution in [1.29, 1.82) is 0 Å². The summed E-state index contributed by atoms with van der Waals surface area (Å²) in [5.41, 5.74) is 6.49. The second kappa shape index (κ2) is 3.47. The van der Waals surface area contributed by atoms with Crippen molar-refractivity contribution >= 4 is 0 Å². The van der Waals surface area contributed by atoms with Crippen molar-refractivity contribution in [2.24, 2.45) is 5.73 Å². The predicted molar refractivity (Wildman–Crippen MR) is 49.1 cm³/mol. The first kappa shape index (κ1) is 8.72. The summed E-state index contributed by atoms with van der Waals surface area (Å²) in [6, 6.07) is 0. The maximum absolute atomic E-state index is 5.53. The highest BCUT2D eigenvalue weighted by Crippen LogP contribution is 2.26. The average Bonchev–Trinajstić information content (AvgIpc) is 2.59. The van der Waals surface area contributed by atoms with Gasteiger partial charge in [0.2, 0.25) is 0 Å². The quantitative estimate of drug-likeness (QED) is 0.735. The molecule has 1 aromatic heterocycles. The molecule has 13 heavy (non-hydrogen) atoms. The standard InChI is InChI=1S/C9H15N3O/c1-13-8-3-2-4-12-6-7(5-10)11-9(8)12/h6,8H,2-5,10H2,1H3. The van der Waals surface area contributed by atoms with Crippen LogP contribution >= 0.6 is 0 Å². The topological polar surface area (TPSA) is 53.1 Å². The van der Waals surface area contributed by atoms with E-state index in [1.165, 1.54) is 0 Å². The molecule has 2 N–H and O–H groups in total. The Morgan fingerprint density at radius 1 is 1.77 bits per heavy atom. The molecule has 1 atom stereocenters. The Balaban J connectivity index is 2.32. The molecule has 72 valence electrons. The van der Waals surface area contributed by atoms with Crippen LogP contribution in [0.2, 0.25) is 0 Å². The van der Waals surface area contributed by atoms with Crippen molar-refractivity contribution in [2.45, 2.75) is 32.0 Å². The molecule has 0 saturated heterocycles. The van der Waals surface area contributed by atoms with E-state index in [0.29, 0.717) is 6.54 Å². The van der Waals surface area contributed by atoms with E-state index in [1.807, 2.05) is 6.20 Å². The third kappa shape index (κ3) is 1.47. The number of ether oxygens (including phenoxy) is 1. The molecular formula is C9H15N3O. The summed E-state index contributed by atoms with van der Waals surface area (Å²) in [6.45, 7) is 1.55. The maximum atomic E-state index is 5.53. The number of aryl methyl sites for hydroxylation is 1. The Kier molecular flexibility index (Phi) is 2.33. The Morgan fingerprint density at radius 3 is 3.31 bits per heavy atom. The zero-order valence-corrected chi connectivity index (χ0v) is 7.86. The Labute approximate surface area is 77.7 Å². The van der Waals surface area contributed by atoms with Gasteiger partial charge in [-0.2, -0.15) is 0 Å². The maximum Gasteiger partial charge on any atom is 0.138 e. The van der Waals surface area contributed by atoms with Crippen molar-refractivity contribution in [3.63, 3.8) is 0 Å². The number of hydrogen-bond donors (Lipinski definition) is 1. The van der Waals surface area contributed by atoms with Crippen LogP contribution in [0.5, 0.6) is 0 Å². The van der Waals surface area contributed by atoms with Gasteiger partial charge >= 0.3 is 0 Å². The van der Waals surface area contributed by atoms with Crippen LogP contribution in [0.25, 0.3) is 0 Å². The molecule has 0 aromatic carbocycles. The first-order chi connectivity index (χ1) is 6.35. The number of imidazole rings is 1. The number of methoxy groups -OCH3 is 1. The Morgan fingerprint density at radius 2 is 2.62 bits per heavy atom. The molecule has 0 saturated carbocycles. The fourth-order valence-electron chi connectivity index (χ4n) is 1.82. The van der Waals surface area contributed by atoms with Crippen molar-refractivity contribution < 1.29 is 4.74 Å². The number of aromatic nitrogens is 2. The predicted octanol–water partition coefficient (Wildman–Crippen LogP) is 0.823. The van der Waals surface area contributed by atoms with Crippen molar-refractivity contribution in [1.82, 2.24) is 9.55 Å². The minimum Gasteiger partial charge on any atom is -0.374 e. The van der Waals surface area contributed by atoms with Crippen LogP contribution in [-0.2, 0) is 17.8 Å². The minimum absolute atomic E-state index is 0.161. The lowest BCUT2D eigenvalue weighted by molar-refractivity contribution is 0.0719. The largest absolute Gasteiger partial charge is 0.374 e. The zero-order valence-electron chi connectivity index (χ0n) is 7.86. The molecule has 1 aromatic rings. The molecule has 0 radical (unpaired) electrons. The van der Waals surface area contributed by atoms with Gasteiger partial charge in [0, 0.05) is 26.4 Å². The van der Waals surface area contributed by atoms with Gasteiger partial charge < -0.3 is 15.0 Å². The molecular weight excluding hydrogens is 166 g/mol. The van der Waals surface area contributed by atoms with Crippen LogP contribution in [0.3, 0.4) is 0 Å².